The molecule has 0 aliphatic heterocycles. The fourth-order valence-corrected chi connectivity index (χ4v) is 1.99. The van der Waals surface area contributed by atoms with Crippen molar-refractivity contribution in [1.82, 2.24) is 25.1 Å². The van der Waals surface area contributed by atoms with Crippen molar-refractivity contribution in [1.29, 1.82) is 0 Å². The number of carbonyl (C=O) groups excluding carboxylic acids is 1. The molecule has 3 N–H and O–H groups in total. The molecule has 0 atom stereocenters. The molecule has 23 heavy (non-hydrogen) atoms. The summed E-state index contributed by atoms with van der Waals surface area (Å²) >= 11 is 0. The highest BCUT2D eigenvalue weighted by molar-refractivity contribution is 5.89. The Morgan fingerprint density at radius 2 is 2.00 bits per heavy atom. The van der Waals surface area contributed by atoms with Gasteiger partial charge in [-0.3, -0.25) is 15.2 Å². The number of aryl methyl sites for hydroxylation is 1. The van der Waals surface area contributed by atoms with E-state index >= 15 is 0 Å². The smallest absolute Gasteiger partial charge is 0.342 e. The Morgan fingerprint density at radius 1 is 1.22 bits per heavy atom. The van der Waals surface area contributed by atoms with Crippen LogP contribution in [0.4, 0.5) is 19.1 Å². The first-order chi connectivity index (χ1) is 10.9. The molecule has 0 spiro atoms. The van der Waals surface area contributed by atoms with Gasteiger partial charge in [-0.1, -0.05) is 12.1 Å². The molecule has 7 nitrogen and oxygen atoms in total. The summed E-state index contributed by atoms with van der Waals surface area (Å²) in [6, 6.07) is 7.40. The van der Waals surface area contributed by atoms with Gasteiger partial charge in [0.15, 0.2) is 0 Å². The van der Waals surface area contributed by atoms with Gasteiger partial charge in [0.2, 0.25) is 17.7 Å². The number of benzene rings is 1. The number of aromatic amines is 2. The van der Waals surface area contributed by atoms with Gasteiger partial charge in [0, 0.05) is 12.8 Å². The second-order valence-electron chi connectivity index (χ2n) is 4.75. The Balaban J connectivity index is 1.58. The summed E-state index contributed by atoms with van der Waals surface area (Å²) in [6.07, 6.45) is -4.28. The predicted molar refractivity (Wildman–Crippen MR) is 74.4 cm³/mol. The van der Waals surface area contributed by atoms with Crippen molar-refractivity contribution in [3.05, 3.63) is 35.9 Å². The van der Waals surface area contributed by atoms with Crippen LogP contribution in [0.1, 0.15) is 18.1 Å². The third-order valence-electron chi connectivity index (χ3n) is 3.03. The van der Waals surface area contributed by atoms with Gasteiger partial charge in [-0.2, -0.15) is 18.2 Å². The Bertz CT molecular complexity index is 804. The van der Waals surface area contributed by atoms with E-state index in [0.29, 0.717) is 12.2 Å². The van der Waals surface area contributed by atoms with Gasteiger partial charge >= 0.3 is 6.18 Å². The maximum atomic E-state index is 12.4. The molecule has 120 valence electrons. The van der Waals surface area contributed by atoms with Gasteiger partial charge in [0.1, 0.15) is 5.82 Å². The molecular weight excluding hydrogens is 313 g/mol. The Labute approximate surface area is 127 Å². The summed E-state index contributed by atoms with van der Waals surface area (Å²) in [4.78, 5) is 22.3. The third kappa shape index (κ3) is 3.47. The molecule has 0 unspecified atom stereocenters. The van der Waals surface area contributed by atoms with Crippen molar-refractivity contribution in [2.75, 3.05) is 5.32 Å². The normalized spacial score (nSPS) is 11.8. The average Bonchev–Trinajstić information content (AvgIpc) is 3.10. The number of fused-ring (bicyclic) bond motifs is 1. The van der Waals surface area contributed by atoms with Gasteiger partial charge in [0.25, 0.3) is 0 Å². The number of rotatable bonds is 4. The van der Waals surface area contributed by atoms with Gasteiger partial charge in [-0.05, 0) is 12.1 Å². The van der Waals surface area contributed by atoms with Crippen molar-refractivity contribution < 1.29 is 18.0 Å². The zero-order valence-corrected chi connectivity index (χ0v) is 11.6. The second-order valence-corrected chi connectivity index (χ2v) is 4.75. The van der Waals surface area contributed by atoms with Crippen molar-refractivity contribution in [3.8, 4) is 0 Å². The Hall–Kier alpha value is -2.91. The van der Waals surface area contributed by atoms with Crippen LogP contribution in [0.5, 0.6) is 0 Å². The van der Waals surface area contributed by atoms with Crippen molar-refractivity contribution in [2.45, 2.75) is 19.0 Å². The molecule has 0 aliphatic carbocycles. The number of carbonyl (C=O) groups is 1. The summed E-state index contributed by atoms with van der Waals surface area (Å²) in [5.41, 5.74) is 1.64. The highest BCUT2D eigenvalue weighted by atomic mass is 19.4. The lowest BCUT2D eigenvalue weighted by atomic mass is 10.3. The number of nitrogens with zero attached hydrogens (tertiary/aromatic N) is 3. The summed E-state index contributed by atoms with van der Waals surface area (Å²) in [6.45, 7) is 0. The molecule has 2 heterocycles. The third-order valence-corrected chi connectivity index (χ3v) is 3.03. The van der Waals surface area contributed by atoms with E-state index in [2.05, 4.69) is 25.4 Å². The molecule has 0 saturated carbocycles. The molecule has 0 saturated heterocycles. The molecule has 1 aromatic carbocycles. The van der Waals surface area contributed by atoms with Gasteiger partial charge in [-0.25, -0.2) is 4.98 Å². The van der Waals surface area contributed by atoms with Crippen LogP contribution < -0.4 is 5.32 Å². The summed E-state index contributed by atoms with van der Waals surface area (Å²) in [7, 11) is 0. The minimum atomic E-state index is -4.63. The Kier molecular flexibility index (Phi) is 3.72. The quantitative estimate of drug-likeness (QED) is 0.685. The maximum Gasteiger partial charge on any atom is 0.451 e. The number of H-pyrrole nitrogens is 2. The number of nitrogens with one attached hydrogen (secondary N) is 3. The summed E-state index contributed by atoms with van der Waals surface area (Å²) in [5.74, 6) is -1.55. The molecule has 10 heteroatoms. The Morgan fingerprint density at radius 3 is 2.70 bits per heavy atom. The first kappa shape index (κ1) is 15.0. The van der Waals surface area contributed by atoms with E-state index in [9.17, 15) is 18.0 Å². The topological polar surface area (TPSA) is 99.4 Å². The standard InChI is InChI=1S/C13H11F3N6O/c14-13(15,16)11-20-12(22-21-11)19-10(23)6-5-9-17-7-3-1-2-4-8(7)18-9/h1-4H,5-6H2,(H,17,18)(H2,19,20,21,22,23). The van der Waals surface area contributed by atoms with Crippen molar-refractivity contribution in [3.63, 3.8) is 0 Å². The molecule has 3 aromatic rings. The van der Waals surface area contributed by atoms with Crippen LogP contribution in [0.15, 0.2) is 24.3 Å². The van der Waals surface area contributed by atoms with Crippen molar-refractivity contribution in [2.24, 2.45) is 0 Å². The number of alkyl halides is 3. The zero-order chi connectivity index (χ0) is 16.4. The van der Waals surface area contributed by atoms with E-state index in [1.807, 2.05) is 24.3 Å². The summed E-state index contributed by atoms with van der Waals surface area (Å²) in [5, 5.41) is 7.23. The first-order valence-electron chi connectivity index (χ1n) is 6.65. The van der Waals surface area contributed by atoms with Gasteiger partial charge in [-0.15, -0.1) is 5.10 Å². The SMILES string of the molecule is O=C(CCc1nc2ccccc2[nH]1)Nc1n[nH]c(C(F)(F)F)n1. The predicted octanol–water partition coefficient (Wildman–Crippen LogP) is 2.27. The number of para-hydroxylation sites is 2. The van der Waals surface area contributed by atoms with Crippen LogP contribution in [0.3, 0.4) is 0 Å². The van der Waals surface area contributed by atoms with E-state index in [0.717, 1.165) is 11.0 Å². The largest absolute Gasteiger partial charge is 0.451 e. The average molecular weight is 324 g/mol. The van der Waals surface area contributed by atoms with Crippen LogP contribution in [0.2, 0.25) is 0 Å². The minimum absolute atomic E-state index is 0.0374. The minimum Gasteiger partial charge on any atom is -0.342 e. The number of halogens is 3. The molecule has 0 aliphatic rings. The molecule has 0 radical (unpaired) electrons. The van der Waals surface area contributed by atoms with E-state index in [1.165, 1.54) is 0 Å². The number of aromatic nitrogens is 5. The monoisotopic (exact) mass is 324 g/mol. The molecule has 3 rings (SSSR count). The lowest BCUT2D eigenvalue weighted by molar-refractivity contribution is -0.144. The number of hydrogen-bond acceptors (Lipinski definition) is 4. The van der Waals surface area contributed by atoms with Crippen LogP contribution in [0.25, 0.3) is 11.0 Å². The fourth-order valence-electron chi connectivity index (χ4n) is 1.99. The summed E-state index contributed by atoms with van der Waals surface area (Å²) < 4.78 is 37.1. The molecule has 0 fully saturated rings. The fraction of sp³-hybridized carbons (Fsp3) is 0.231. The van der Waals surface area contributed by atoms with Gasteiger partial charge in [0.05, 0.1) is 11.0 Å². The molecule has 0 bridgehead atoms. The number of anilines is 1. The van der Waals surface area contributed by atoms with Crippen LogP contribution >= 0.6 is 0 Å². The number of imidazole rings is 1. The van der Waals surface area contributed by atoms with Crippen LogP contribution in [-0.2, 0) is 17.4 Å². The molecule has 2 aromatic heterocycles. The van der Waals surface area contributed by atoms with Crippen molar-refractivity contribution >= 4 is 22.9 Å². The van der Waals surface area contributed by atoms with E-state index in [4.69, 9.17) is 0 Å². The zero-order valence-electron chi connectivity index (χ0n) is 11.6. The first-order valence-corrected chi connectivity index (χ1v) is 6.65. The van der Waals surface area contributed by atoms with Gasteiger partial charge < -0.3 is 4.98 Å². The number of amides is 1. The highest BCUT2D eigenvalue weighted by Gasteiger charge is 2.35. The highest BCUT2D eigenvalue weighted by Crippen LogP contribution is 2.26. The van der Waals surface area contributed by atoms with E-state index in [-0.39, 0.29) is 6.42 Å². The van der Waals surface area contributed by atoms with E-state index < -0.39 is 23.9 Å². The van der Waals surface area contributed by atoms with Crippen LogP contribution in [-0.4, -0.2) is 31.1 Å². The molecular formula is C13H11F3N6O. The lowest BCUT2D eigenvalue weighted by Crippen LogP contribution is -2.14. The van der Waals surface area contributed by atoms with E-state index in [1.54, 1.807) is 5.10 Å². The van der Waals surface area contributed by atoms with Crippen LogP contribution in [0, 0.1) is 0 Å². The second kappa shape index (κ2) is 5.71. The molecule has 1 amide bonds. The maximum absolute atomic E-state index is 12.4. The lowest BCUT2D eigenvalue weighted by Gasteiger charge is -2.00. The number of hydrogen-bond donors (Lipinski definition) is 3.